The van der Waals surface area contributed by atoms with Gasteiger partial charge in [0.05, 0.1) is 11.8 Å². The molecule has 0 fully saturated rings. The minimum Gasteiger partial charge on any atom is -0.437 e. The van der Waals surface area contributed by atoms with E-state index in [-0.39, 0.29) is 11.3 Å². The lowest BCUT2D eigenvalue weighted by molar-refractivity contribution is -0.146. The van der Waals surface area contributed by atoms with Crippen molar-refractivity contribution in [3.8, 4) is 22.8 Å². The summed E-state index contributed by atoms with van der Waals surface area (Å²) < 4.78 is 84.1. The molecule has 0 radical (unpaired) electrons. The van der Waals surface area contributed by atoms with Crippen molar-refractivity contribution in [2.24, 2.45) is 0 Å². The van der Waals surface area contributed by atoms with Crippen molar-refractivity contribution < 1.29 is 31.1 Å². The smallest absolute Gasteiger partial charge is 0.437 e. The second kappa shape index (κ2) is 8.58. The molecule has 0 atom stereocenters. The number of aromatic amines is 1. The molecule has 0 spiro atoms. The molecular formula is C19H13F6N5O. The van der Waals surface area contributed by atoms with Crippen LogP contribution in [0.3, 0.4) is 0 Å². The Bertz CT molecular complexity index is 1110. The largest absolute Gasteiger partial charge is 0.452 e. The monoisotopic (exact) mass is 441 g/mol. The Hall–Kier alpha value is -3.70. The number of halogens is 6. The standard InChI is InChI=1S/C19H13F6N5O/c1-11-7-16(28-30-17(19(23,24)25)29-27-9-11)31-15-8-13(18(20,21)22)4-5-14(15)12-3-2-6-26-10-12/h2-10H,1H3,(H,29,30). The predicted molar refractivity (Wildman–Crippen MR) is 96.3 cm³/mol. The fraction of sp³-hybridized carbons (Fsp3) is 0.158. The summed E-state index contributed by atoms with van der Waals surface area (Å²) in [7, 11) is 0. The highest BCUT2D eigenvalue weighted by molar-refractivity contribution is 5.70. The molecular weight excluding hydrogens is 428 g/mol. The number of benzene rings is 1. The van der Waals surface area contributed by atoms with Gasteiger partial charge in [-0.05, 0) is 36.8 Å². The van der Waals surface area contributed by atoms with Gasteiger partial charge < -0.3 is 4.74 Å². The van der Waals surface area contributed by atoms with Crippen LogP contribution in [0.5, 0.6) is 11.6 Å². The first-order valence-corrected chi connectivity index (χ1v) is 8.54. The van der Waals surface area contributed by atoms with E-state index in [4.69, 9.17) is 4.74 Å². The summed E-state index contributed by atoms with van der Waals surface area (Å²) >= 11 is 0. The Kier molecular flexibility index (Phi) is 6.09. The van der Waals surface area contributed by atoms with Gasteiger partial charge in [-0.15, -0.1) is 10.2 Å². The van der Waals surface area contributed by atoms with Gasteiger partial charge in [-0.25, -0.2) is 0 Å². The third-order valence-electron chi connectivity index (χ3n) is 3.81. The summed E-state index contributed by atoms with van der Waals surface area (Å²) in [5.41, 5.74) is -0.0510. The molecule has 0 aliphatic rings. The van der Waals surface area contributed by atoms with E-state index in [1.165, 1.54) is 31.5 Å². The molecule has 12 heteroatoms. The number of rotatable bonds is 3. The number of aryl methyl sites for hydroxylation is 1. The number of aromatic nitrogens is 5. The third kappa shape index (κ3) is 5.68. The van der Waals surface area contributed by atoms with Gasteiger partial charge in [0.15, 0.2) is 0 Å². The van der Waals surface area contributed by atoms with Gasteiger partial charge in [0.25, 0.3) is 5.82 Å². The SMILES string of the molecule is Cc1cnnc(C(F)(F)F)[nH]nc(Oc2cc(C(F)(F)F)ccc2-c2cccnc2)c1. The first-order chi connectivity index (χ1) is 14.5. The van der Waals surface area contributed by atoms with Crippen molar-refractivity contribution in [1.82, 2.24) is 25.4 Å². The Morgan fingerprint density at radius 1 is 0.935 bits per heavy atom. The van der Waals surface area contributed by atoms with Crippen LogP contribution in [0.25, 0.3) is 11.1 Å². The summed E-state index contributed by atoms with van der Waals surface area (Å²) in [4.78, 5) is 3.92. The van der Waals surface area contributed by atoms with E-state index in [2.05, 4.69) is 20.3 Å². The van der Waals surface area contributed by atoms with Crippen LogP contribution in [0.1, 0.15) is 17.0 Å². The normalized spacial score (nSPS) is 11.7. The summed E-state index contributed by atoms with van der Waals surface area (Å²) in [6, 6.07) is 7.13. The lowest BCUT2D eigenvalue weighted by Crippen LogP contribution is -2.10. The van der Waals surface area contributed by atoms with Crippen LogP contribution in [0, 0.1) is 6.92 Å². The Morgan fingerprint density at radius 3 is 2.35 bits per heavy atom. The highest BCUT2D eigenvalue weighted by Gasteiger charge is 2.34. The number of hydrogen-bond acceptors (Lipinski definition) is 5. The van der Waals surface area contributed by atoms with E-state index in [1.807, 2.05) is 0 Å². The Balaban J connectivity index is 2.16. The molecule has 0 bridgehead atoms. The maximum absolute atomic E-state index is 13.2. The van der Waals surface area contributed by atoms with Gasteiger partial charge in [0.1, 0.15) is 5.75 Å². The first kappa shape index (κ1) is 22.0. The Morgan fingerprint density at radius 2 is 1.71 bits per heavy atom. The molecule has 0 aliphatic carbocycles. The van der Waals surface area contributed by atoms with E-state index in [0.717, 1.165) is 18.3 Å². The summed E-state index contributed by atoms with van der Waals surface area (Å²) in [5.74, 6) is -2.24. The minimum atomic E-state index is -4.89. The molecule has 0 amide bonds. The van der Waals surface area contributed by atoms with Crippen LogP contribution in [0.2, 0.25) is 0 Å². The van der Waals surface area contributed by atoms with Crippen LogP contribution in [-0.2, 0) is 12.4 Å². The highest BCUT2D eigenvalue weighted by atomic mass is 19.4. The molecule has 6 nitrogen and oxygen atoms in total. The second-order valence-corrected chi connectivity index (χ2v) is 6.19. The summed E-state index contributed by atoms with van der Waals surface area (Å²) in [5, 5.41) is 11.5. The molecule has 0 unspecified atom stereocenters. The summed E-state index contributed by atoms with van der Waals surface area (Å²) in [6.45, 7) is 1.48. The molecule has 2 heterocycles. The van der Waals surface area contributed by atoms with Crippen LogP contribution in [0.15, 0.2) is 55.0 Å². The summed E-state index contributed by atoms with van der Waals surface area (Å²) in [6.07, 6.45) is -5.66. The van der Waals surface area contributed by atoms with Crippen molar-refractivity contribution in [3.63, 3.8) is 0 Å². The lowest BCUT2D eigenvalue weighted by Gasteiger charge is -2.14. The van der Waals surface area contributed by atoms with Gasteiger partial charge in [-0.2, -0.15) is 31.4 Å². The second-order valence-electron chi connectivity index (χ2n) is 6.19. The van der Waals surface area contributed by atoms with Crippen molar-refractivity contribution in [3.05, 3.63) is 71.9 Å². The van der Waals surface area contributed by atoms with Gasteiger partial charge >= 0.3 is 12.4 Å². The van der Waals surface area contributed by atoms with Gasteiger partial charge in [-0.3, -0.25) is 10.1 Å². The number of alkyl halides is 6. The molecule has 0 saturated carbocycles. The first-order valence-electron chi connectivity index (χ1n) is 8.54. The fourth-order valence-electron chi connectivity index (χ4n) is 2.40. The zero-order chi connectivity index (χ0) is 22.6. The zero-order valence-corrected chi connectivity index (χ0v) is 15.7. The average Bonchev–Trinajstić information content (AvgIpc) is 2.78. The van der Waals surface area contributed by atoms with Crippen LogP contribution in [-0.4, -0.2) is 25.4 Å². The maximum Gasteiger partial charge on any atom is 0.452 e. The van der Waals surface area contributed by atoms with Gasteiger partial charge in [0.2, 0.25) is 5.88 Å². The third-order valence-corrected chi connectivity index (χ3v) is 3.81. The number of hydrogen-bond donors (Lipinski definition) is 1. The molecule has 162 valence electrons. The minimum absolute atomic E-state index is 0.230. The molecule has 31 heavy (non-hydrogen) atoms. The number of nitrogens with zero attached hydrogens (tertiary/aromatic N) is 4. The topological polar surface area (TPSA) is 76.6 Å². The van der Waals surface area contributed by atoms with Gasteiger partial charge in [-0.1, -0.05) is 6.07 Å². The van der Waals surface area contributed by atoms with Crippen LogP contribution < -0.4 is 4.74 Å². The molecule has 1 N–H and O–H groups in total. The fourth-order valence-corrected chi connectivity index (χ4v) is 2.40. The van der Waals surface area contributed by atoms with Crippen molar-refractivity contribution in [2.75, 3.05) is 0 Å². The lowest BCUT2D eigenvalue weighted by atomic mass is 10.0. The van der Waals surface area contributed by atoms with Crippen LogP contribution in [0.4, 0.5) is 26.3 Å². The van der Waals surface area contributed by atoms with Crippen molar-refractivity contribution in [2.45, 2.75) is 19.3 Å². The molecule has 3 aromatic rings. The van der Waals surface area contributed by atoms with Gasteiger partial charge in [0, 0.05) is 29.6 Å². The van der Waals surface area contributed by atoms with E-state index in [1.54, 1.807) is 17.2 Å². The predicted octanol–water partition coefficient (Wildman–Crippen LogP) is 5.52. The maximum atomic E-state index is 13.2. The molecule has 3 rings (SSSR count). The van der Waals surface area contributed by atoms with Crippen molar-refractivity contribution >= 4 is 0 Å². The molecule has 0 aliphatic heterocycles. The van der Waals surface area contributed by atoms with E-state index in [9.17, 15) is 26.3 Å². The zero-order valence-electron chi connectivity index (χ0n) is 15.7. The Labute approximate surface area is 171 Å². The quantitative estimate of drug-likeness (QED) is 0.542. The van der Waals surface area contributed by atoms with E-state index >= 15 is 0 Å². The molecule has 1 aromatic carbocycles. The number of pyridine rings is 1. The number of H-pyrrole nitrogens is 1. The van der Waals surface area contributed by atoms with Crippen LogP contribution >= 0.6 is 0 Å². The average molecular weight is 441 g/mol. The van der Waals surface area contributed by atoms with Crippen molar-refractivity contribution in [1.29, 1.82) is 0 Å². The molecule has 0 saturated heterocycles. The van der Waals surface area contributed by atoms with E-state index in [0.29, 0.717) is 11.1 Å². The number of ether oxygens (including phenoxy) is 1. The van der Waals surface area contributed by atoms with E-state index < -0.39 is 29.6 Å². The highest BCUT2D eigenvalue weighted by Crippen LogP contribution is 2.38. The number of nitrogens with one attached hydrogen (secondary N) is 1. The molecule has 2 aromatic heterocycles.